The first-order valence-corrected chi connectivity index (χ1v) is 16.1. The number of carbonyl (C=O) groups is 2. The van der Waals surface area contributed by atoms with Gasteiger partial charge in [0.15, 0.2) is 0 Å². The van der Waals surface area contributed by atoms with Crippen LogP contribution in [-0.4, -0.2) is 76.7 Å². The normalized spacial score (nSPS) is 34.1. The molecule has 0 bridgehead atoms. The number of likely N-dealkylation sites (tertiary alicyclic amines) is 1. The summed E-state index contributed by atoms with van der Waals surface area (Å²) < 4.78 is 11.8. The van der Waals surface area contributed by atoms with Gasteiger partial charge in [-0.05, 0) is 94.0 Å². The highest BCUT2D eigenvalue weighted by molar-refractivity contribution is 8.23. The highest BCUT2D eigenvalue weighted by Crippen LogP contribution is 2.44. The van der Waals surface area contributed by atoms with Crippen molar-refractivity contribution < 1.29 is 19.1 Å². The summed E-state index contributed by atoms with van der Waals surface area (Å²) in [5, 5.41) is 0. The van der Waals surface area contributed by atoms with E-state index in [0.717, 1.165) is 36.5 Å². The van der Waals surface area contributed by atoms with Crippen LogP contribution in [0.1, 0.15) is 85.0 Å². The molecule has 0 radical (unpaired) electrons. The molecule has 0 spiro atoms. The van der Waals surface area contributed by atoms with Crippen LogP contribution in [0, 0.1) is 29.6 Å². The molecule has 3 saturated heterocycles. The largest absolute Gasteiger partial charge is 0.468 e. The van der Waals surface area contributed by atoms with E-state index in [0.29, 0.717) is 48.1 Å². The smallest absolute Gasteiger partial charge is 0.316 e. The van der Waals surface area contributed by atoms with E-state index in [9.17, 15) is 9.59 Å². The zero-order valence-electron chi connectivity index (χ0n) is 23.4. The maximum absolute atomic E-state index is 13.0. The zero-order valence-corrected chi connectivity index (χ0v) is 25.0. The molecule has 1 aliphatic carbocycles. The molecule has 3 aliphatic heterocycles. The number of nitrogens with zero attached hydrogens (tertiary/aromatic N) is 2. The predicted molar refractivity (Wildman–Crippen MR) is 153 cm³/mol. The van der Waals surface area contributed by atoms with E-state index in [1.807, 2.05) is 0 Å². The van der Waals surface area contributed by atoms with E-state index >= 15 is 0 Å². The fraction of sp³-hybridized carbons (Fsp3) is 0.897. The molecule has 0 aromatic carbocycles. The van der Waals surface area contributed by atoms with Gasteiger partial charge < -0.3 is 14.4 Å². The van der Waals surface area contributed by atoms with E-state index in [4.69, 9.17) is 21.7 Å². The lowest BCUT2D eigenvalue weighted by Crippen LogP contribution is -2.65. The second kappa shape index (κ2) is 13.5. The Kier molecular flexibility index (Phi) is 10.6. The molecule has 3 heterocycles. The fourth-order valence-electron chi connectivity index (χ4n) is 7.77. The lowest BCUT2D eigenvalue weighted by Gasteiger charge is -2.58. The van der Waals surface area contributed by atoms with Crippen LogP contribution in [-0.2, 0) is 19.1 Å². The molecule has 210 valence electrons. The summed E-state index contributed by atoms with van der Waals surface area (Å²) in [5.74, 6) is 2.85. The second-order valence-corrected chi connectivity index (χ2v) is 13.9. The topological polar surface area (TPSA) is 59.1 Å². The van der Waals surface area contributed by atoms with Crippen LogP contribution < -0.4 is 0 Å². The van der Waals surface area contributed by atoms with Gasteiger partial charge in [0.2, 0.25) is 0 Å². The first kappa shape index (κ1) is 29.1. The summed E-state index contributed by atoms with van der Waals surface area (Å²) in [6, 6.07) is 0.963. The van der Waals surface area contributed by atoms with Gasteiger partial charge in [0.05, 0.1) is 12.9 Å². The summed E-state index contributed by atoms with van der Waals surface area (Å²) in [5.41, 5.74) is 0. The Bertz CT molecular complexity index is 807. The molecule has 4 fully saturated rings. The molecule has 1 unspecified atom stereocenters. The van der Waals surface area contributed by atoms with Crippen LogP contribution in [0.15, 0.2) is 0 Å². The van der Waals surface area contributed by atoms with E-state index in [-0.39, 0.29) is 23.8 Å². The van der Waals surface area contributed by atoms with E-state index in [1.165, 1.54) is 64.1 Å². The molecule has 4 rings (SSSR count). The first-order chi connectivity index (χ1) is 17.8. The Labute approximate surface area is 233 Å². The van der Waals surface area contributed by atoms with Gasteiger partial charge in [0, 0.05) is 25.0 Å². The van der Waals surface area contributed by atoms with Crippen LogP contribution >= 0.6 is 24.0 Å². The highest BCUT2D eigenvalue weighted by atomic mass is 32.2. The van der Waals surface area contributed by atoms with Crippen molar-refractivity contribution in [3.05, 3.63) is 0 Å². The Hall–Kier alpha value is -0.860. The number of hydrogen-bond acceptors (Lipinski definition) is 7. The van der Waals surface area contributed by atoms with Gasteiger partial charge in [0.1, 0.15) is 10.4 Å². The Morgan fingerprint density at radius 1 is 1.08 bits per heavy atom. The molecule has 0 aromatic heterocycles. The molecule has 0 amide bonds. The number of hydrogen-bond donors (Lipinski definition) is 0. The van der Waals surface area contributed by atoms with Crippen molar-refractivity contribution in [2.24, 2.45) is 29.6 Å². The molecule has 8 heteroatoms. The Morgan fingerprint density at radius 2 is 1.84 bits per heavy atom. The third-order valence-corrected chi connectivity index (χ3v) is 11.0. The average molecular weight is 553 g/mol. The van der Waals surface area contributed by atoms with Crippen LogP contribution in [0.25, 0.3) is 0 Å². The summed E-state index contributed by atoms with van der Waals surface area (Å²) >= 11 is 7.33. The number of thioether (sulfide) groups is 1. The number of thiocarbonyl (C=S) groups is 1. The van der Waals surface area contributed by atoms with Crippen molar-refractivity contribution in [3.63, 3.8) is 0 Å². The van der Waals surface area contributed by atoms with Crippen molar-refractivity contribution in [2.75, 3.05) is 32.5 Å². The number of rotatable bonds is 8. The van der Waals surface area contributed by atoms with Gasteiger partial charge in [0.25, 0.3) is 0 Å². The molecule has 37 heavy (non-hydrogen) atoms. The van der Waals surface area contributed by atoms with Gasteiger partial charge in [-0.3, -0.25) is 14.5 Å². The summed E-state index contributed by atoms with van der Waals surface area (Å²) in [7, 11) is 1.43. The van der Waals surface area contributed by atoms with Crippen LogP contribution in [0.3, 0.4) is 0 Å². The van der Waals surface area contributed by atoms with Crippen molar-refractivity contribution >= 4 is 40.2 Å². The lowest BCUT2D eigenvalue weighted by molar-refractivity contribution is -0.156. The number of piperidine rings is 3. The predicted octanol–water partition coefficient (Wildman–Crippen LogP) is 5.53. The molecule has 7 atom stereocenters. The second-order valence-electron chi connectivity index (χ2n) is 12.3. The first-order valence-electron chi connectivity index (χ1n) is 14.7. The molecule has 6 nitrogen and oxygen atoms in total. The Morgan fingerprint density at radius 3 is 2.57 bits per heavy atom. The maximum atomic E-state index is 13.0. The molecule has 0 aromatic rings. The minimum atomic E-state index is -0.236. The molecule has 1 saturated carbocycles. The van der Waals surface area contributed by atoms with E-state index in [1.54, 1.807) is 0 Å². The van der Waals surface area contributed by atoms with Gasteiger partial charge in [-0.2, -0.15) is 0 Å². The third-order valence-electron chi connectivity index (χ3n) is 9.57. The molecular formula is C29H48N2O4S2. The Balaban J connectivity index is 1.39. The number of carbonyl (C=O) groups excluding carboxylic acids is 2. The third kappa shape index (κ3) is 7.21. The van der Waals surface area contributed by atoms with Gasteiger partial charge in [-0.25, -0.2) is 0 Å². The quantitative estimate of drug-likeness (QED) is 0.288. The summed E-state index contributed by atoms with van der Waals surface area (Å²) in [6.45, 7) is 10.2. The van der Waals surface area contributed by atoms with Crippen molar-refractivity contribution in [1.82, 2.24) is 9.80 Å². The number of esters is 2. The van der Waals surface area contributed by atoms with Crippen LogP contribution in [0.5, 0.6) is 0 Å². The van der Waals surface area contributed by atoms with E-state index in [2.05, 4.69) is 30.6 Å². The molecule has 0 N–H and O–H groups in total. The standard InChI is InChI=1S/C29H48N2O4S2/c1-19(2)22-13-12-20(3)16-25(22)35-26(32)11-5-10-24-23-9-7-15-30-14-6-8-21(28(23)30)17-31(24)29(36)37-18-27(33)34-4/h19-25,28H,5-18H2,1-4H3/t20-,21-,22+,23+,24+,25?,28-/m0/s1. The molecule has 4 aliphatic rings. The number of methoxy groups -OCH3 is 1. The van der Waals surface area contributed by atoms with Gasteiger partial charge in [-0.1, -0.05) is 51.2 Å². The van der Waals surface area contributed by atoms with Crippen molar-refractivity contribution in [3.8, 4) is 0 Å². The van der Waals surface area contributed by atoms with E-state index < -0.39 is 0 Å². The van der Waals surface area contributed by atoms with Crippen LogP contribution in [0.4, 0.5) is 0 Å². The van der Waals surface area contributed by atoms with Crippen molar-refractivity contribution in [1.29, 1.82) is 0 Å². The van der Waals surface area contributed by atoms with Gasteiger partial charge >= 0.3 is 11.9 Å². The van der Waals surface area contributed by atoms with Crippen LogP contribution in [0.2, 0.25) is 0 Å². The van der Waals surface area contributed by atoms with Crippen molar-refractivity contribution in [2.45, 2.75) is 103 Å². The van der Waals surface area contributed by atoms with Gasteiger partial charge in [-0.15, -0.1) is 0 Å². The zero-order chi connectivity index (χ0) is 26.5. The fourth-order valence-corrected chi connectivity index (χ4v) is 8.89. The lowest BCUT2D eigenvalue weighted by atomic mass is 9.69. The minimum absolute atomic E-state index is 0.0319. The summed E-state index contributed by atoms with van der Waals surface area (Å²) in [6.07, 6.45) is 10.7. The minimum Gasteiger partial charge on any atom is -0.468 e. The summed E-state index contributed by atoms with van der Waals surface area (Å²) in [4.78, 5) is 29.9. The molecular weight excluding hydrogens is 504 g/mol. The maximum Gasteiger partial charge on any atom is 0.316 e. The SMILES string of the molecule is COC(=O)CSC(=S)N1C[C@@H]2CCCN3CCC[C@@H]([C@H]23)[C@H]1CCCC(=O)OC1C[C@@H](C)CC[C@@H]1C(C)C. The number of ether oxygens (including phenoxy) is 2. The highest BCUT2D eigenvalue weighted by Gasteiger charge is 2.49. The monoisotopic (exact) mass is 552 g/mol. The average Bonchev–Trinajstić information content (AvgIpc) is 2.88.